The molecule has 0 saturated carbocycles. The van der Waals surface area contributed by atoms with Gasteiger partial charge >= 0.3 is 11.9 Å². The van der Waals surface area contributed by atoms with Gasteiger partial charge in [-0.2, -0.15) is 0 Å². The minimum Gasteiger partial charge on any atom is -0.488 e. The third kappa shape index (κ3) is 3.93. The lowest BCUT2D eigenvalue weighted by molar-refractivity contribution is 0.0695. The molecule has 0 atom stereocenters. The Hall–Kier alpha value is -4.14. The molecule has 0 aliphatic rings. The molecule has 0 aliphatic carbocycles. The van der Waals surface area contributed by atoms with E-state index in [-0.39, 0.29) is 23.5 Å². The molecular formula is C20H15FN2O6. The maximum Gasteiger partial charge on any atom is 0.342 e. The fourth-order valence-corrected chi connectivity index (χ4v) is 2.86. The number of aromatic carboxylic acids is 2. The van der Waals surface area contributed by atoms with Crippen molar-refractivity contribution in [2.75, 3.05) is 5.73 Å². The maximum absolute atomic E-state index is 13.1. The summed E-state index contributed by atoms with van der Waals surface area (Å²) in [6.07, 6.45) is 0. The number of pyridine rings is 1. The minimum absolute atomic E-state index is 0.000770. The second-order valence-electron chi connectivity index (χ2n) is 6.01. The van der Waals surface area contributed by atoms with Crippen LogP contribution in [0.1, 0.15) is 26.3 Å². The quantitative estimate of drug-likeness (QED) is 0.500. The molecular weight excluding hydrogens is 383 g/mol. The van der Waals surface area contributed by atoms with Gasteiger partial charge in [-0.3, -0.25) is 4.79 Å². The van der Waals surface area contributed by atoms with Gasteiger partial charge in [-0.05, 0) is 23.8 Å². The maximum atomic E-state index is 13.1. The first-order valence-corrected chi connectivity index (χ1v) is 8.28. The van der Waals surface area contributed by atoms with Crippen molar-refractivity contribution in [2.45, 2.75) is 6.61 Å². The van der Waals surface area contributed by atoms with Gasteiger partial charge in [0, 0.05) is 11.1 Å². The van der Waals surface area contributed by atoms with Crippen LogP contribution in [0, 0.1) is 5.82 Å². The number of nitrogen functional groups attached to an aromatic ring is 1. The molecule has 0 spiro atoms. The van der Waals surface area contributed by atoms with E-state index in [9.17, 15) is 29.0 Å². The van der Waals surface area contributed by atoms with Gasteiger partial charge in [0.25, 0.3) is 5.56 Å². The number of nitrogens with two attached hydrogens (primary N) is 1. The lowest BCUT2D eigenvalue weighted by atomic mass is 9.94. The van der Waals surface area contributed by atoms with Crippen molar-refractivity contribution in [1.29, 1.82) is 0 Å². The van der Waals surface area contributed by atoms with E-state index in [1.807, 2.05) is 4.98 Å². The number of halogens is 1. The number of hydrogen-bond acceptors (Lipinski definition) is 5. The molecule has 1 heterocycles. The first-order valence-electron chi connectivity index (χ1n) is 8.28. The number of para-hydroxylation sites is 1. The number of aromatic nitrogens is 1. The van der Waals surface area contributed by atoms with E-state index in [0.717, 1.165) is 0 Å². The minimum atomic E-state index is -1.61. The lowest BCUT2D eigenvalue weighted by Gasteiger charge is -2.16. The van der Waals surface area contributed by atoms with Crippen LogP contribution in [0.4, 0.5) is 10.2 Å². The number of aromatic amines is 1. The van der Waals surface area contributed by atoms with Gasteiger partial charge < -0.3 is 25.7 Å². The molecule has 29 heavy (non-hydrogen) atoms. The molecule has 0 aliphatic heterocycles. The van der Waals surface area contributed by atoms with Gasteiger partial charge in [0.2, 0.25) is 0 Å². The average Bonchev–Trinajstić information content (AvgIpc) is 2.66. The SMILES string of the molecule is Nc1[nH]c(=O)c(C(=O)O)c(-c2ccccc2OCc2ccc(F)cc2)c1C(=O)O. The molecule has 5 N–H and O–H groups in total. The Morgan fingerprint density at radius 3 is 2.24 bits per heavy atom. The highest BCUT2D eigenvalue weighted by molar-refractivity contribution is 6.08. The Kier molecular flexibility index (Phi) is 5.31. The number of carboxylic acids is 2. The van der Waals surface area contributed by atoms with Crippen molar-refractivity contribution in [3.05, 3.63) is 81.4 Å². The number of hydrogen-bond donors (Lipinski definition) is 4. The van der Waals surface area contributed by atoms with Crippen molar-refractivity contribution < 1.29 is 28.9 Å². The summed E-state index contributed by atoms with van der Waals surface area (Å²) in [6.45, 7) is 0.000770. The second kappa shape index (κ2) is 7.85. The van der Waals surface area contributed by atoms with Crippen molar-refractivity contribution in [3.8, 4) is 16.9 Å². The summed E-state index contributed by atoms with van der Waals surface area (Å²) in [7, 11) is 0. The van der Waals surface area contributed by atoms with Crippen LogP contribution in [0.15, 0.2) is 53.3 Å². The van der Waals surface area contributed by atoms with Crippen molar-refractivity contribution in [1.82, 2.24) is 4.98 Å². The van der Waals surface area contributed by atoms with E-state index in [4.69, 9.17) is 10.5 Å². The molecule has 0 bridgehead atoms. The normalized spacial score (nSPS) is 10.5. The number of benzene rings is 2. The summed E-state index contributed by atoms with van der Waals surface area (Å²) in [5.74, 6) is -3.88. The van der Waals surface area contributed by atoms with Crippen molar-refractivity contribution in [3.63, 3.8) is 0 Å². The van der Waals surface area contributed by atoms with Crippen LogP contribution in [0.25, 0.3) is 11.1 Å². The summed E-state index contributed by atoms with van der Waals surface area (Å²) in [5.41, 5.74) is 3.63. The smallest absolute Gasteiger partial charge is 0.342 e. The predicted molar refractivity (Wildman–Crippen MR) is 102 cm³/mol. The Labute approximate surface area is 163 Å². The monoisotopic (exact) mass is 398 g/mol. The zero-order valence-corrected chi connectivity index (χ0v) is 14.8. The van der Waals surface area contributed by atoms with Crippen LogP contribution in [0.2, 0.25) is 0 Å². The molecule has 8 nitrogen and oxygen atoms in total. The first-order chi connectivity index (χ1) is 13.8. The van der Waals surface area contributed by atoms with Crippen LogP contribution >= 0.6 is 0 Å². The Morgan fingerprint density at radius 2 is 1.62 bits per heavy atom. The molecule has 2 aromatic carbocycles. The fraction of sp³-hybridized carbons (Fsp3) is 0.0500. The molecule has 0 unspecified atom stereocenters. The number of anilines is 1. The number of rotatable bonds is 6. The van der Waals surface area contributed by atoms with Gasteiger partial charge in [-0.25, -0.2) is 14.0 Å². The van der Waals surface area contributed by atoms with Crippen LogP contribution in [0.3, 0.4) is 0 Å². The molecule has 9 heteroatoms. The zero-order chi connectivity index (χ0) is 21.1. The van der Waals surface area contributed by atoms with Crippen LogP contribution in [0.5, 0.6) is 5.75 Å². The van der Waals surface area contributed by atoms with Gasteiger partial charge in [0.1, 0.15) is 35.1 Å². The van der Waals surface area contributed by atoms with E-state index in [1.165, 1.54) is 42.5 Å². The summed E-state index contributed by atoms with van der Waals surface area (Å²) < 4.78 is 18.8. The van der Waals surface area contributed by atoms with E-state index < -0.39 is 40.3 Å². The predicted octanol–water partition coefficient (Wildman–Crippen LogP) is 2.74. The second-order valence-corrected chi connectivity index (χ2v) is 6.01. The van der Waals surface area contributed by atoms with Gasteiger partial charge in [-0.1, -0.05) is 30.3 Å². The molecule has 0 fully saturated rings. The van der Waals surface area contributed by atoms with Gasteiger partial charge in [0.15, 0.2) is 0 Å². The molecule has 148 valence electrons. The van der Waals surface area contributed by atoms with E-state index in [0.29, 0.717) is 5.56 Å². The lowest BCUT2D eigenvalue weighted by Crippen LogP contribution is -2.24. The highest BCUT2D eigenvalue weighted by Gasteiger charge is 2.28. The standard InChI is InChI=1S/C20H15FN2O6/c21-11-7-5-10(6-8-11)9-29-13-4-2-1-3-12(13)14-15(19(25)26)17(22)23-18(24)16(14)20(27)28/h1-8H,9H2,(H,25,26)(H,27,28)(H3,22,23,24). The fourth-order valence-electron chi connectivity index (χ4n) is 2.86. The molecule has 1 aromatic heterocycles. The van der Waals surface area contributed by atoms with E-state index >= 15 is 0 Å². The average molecular weight is 398 g/mol. The molecule has 3 rings (SSSR count). The Balaban J connectivity index is 2.16. The Bertz CT molecular complexity index is 1150. The highest BCUT2D eigenvalue weighted by Crippen LogP contribution is 2.36. The number of ether oxygens (including phenoxy) is 1. The molecule has 3 aromatic rings. The summed E-state index contributed by atoms with van der Waals surface area (Å²) in [6, 6.07) is 11.6. The zero-order valence-electron chi connectivity index (χ0n) is 14.8. The third-order valence-electron chi connectivity index (χ3n) is 4.14. The molecule has 0 radical (unpaired) electrons. The number of carbonyl (C=O) groups is 2. The number of H-pyrrole nitrogens is 1. The highest BCUT2D eigenvalue weighted by atomic mass is 19.1. The summed E-state index contributed by atoms with van der Waals surface area (Å²) in [5, 5.41) is 19.1. The molecule has 0 saturated heterocycles. The first kappa shape index (κ1) is 19.6. The van der Waals surface area contributed by atoms with Crippen LogP contribution < -0.4 is 16.0 Å². The third-order valence-corrected chi connectivity index (χ3v) is 4.14. The van der Waals surface area contributed by atoms with Crippen LogP contribution in [-0.2, 0) is 6.61 Å². The van der Waals surface area contributed by atoms with Crippen LogP contribution in [-0.4, -0.2) is 27.1 Å². The Morgan fingerprint density at radius 1 is 1.00 bits per heavy atom. The van der Waals surface area contributed by atoms with Gasteiger partial charge in [0.05, 0.1) is 0 Å². The largest absolute Gasteiger partial charge is 0.488 e. The summed E-state index contributed by atoms with van der Waals surface area (Å²) >= 11 is 0. The van der Waals surface area contributed by atoms with Crippen molar-refractivity contribution in [2.24, 2.45) is 0 Å². The topological polar surface area (TPSA) is 143 Å². The van der Waals surface area contributed by atoms with Gasteiger partial charge in [-0.15, -0.1) is 0 Å². The number of nitrogens with one attached hydrogen (secondary N) is 1. The number of carboxylic acid groups (broad SMARTS) is 2. The molecule has 0 amide bonds. The van der Waals surface area contributed by atoms with E-state index in [2.05, 4.69) is 0 Å². The van der Waals surface area contributed by atoms with Crippen molar-refractivity contribution >= 4 is 17.8 Å². The van der Waals surface area contributed by atoms with E-state index in [1.54, 1.807) is 6.07 Å². The summed E-state index contributed by atoms with van der Waals surface area (Å²) in [4.78, 5) is 37.7.